The van der Waals surface area contributed by atoms with Crippen molar-refractivity contribution < 1.29 is 19.2 Å². The number of rotatable bonds is 5. The van der Waals surface area contributed by atoms with E-state index in [0.29, 0.717) is 36.9 Å². The van der Waals surface area contributed by atoms with E-state index in [0.717, 1.165) is 16.2 Å². The van der Waals surface area contributed by atoms with Crippen molar-refractivity contribution in [2.75, 3.05) is 31.2 Å². The number of ether oxygens (including phenoxy) is 1. The van der Waals surface area contributed by atoms with Crippen molar-refractivity contribution in [1.82, 2.24) is 10.2 Å². The van der Waals surface area contributed by atoms with Crippen LogP contribution in [-0.4, -0.2) is 48.1 Å². The molecule has 4 rings (SSSR count). The largest absolute Gasteiger partial charge is 0.378 e. The van der Waals surface area contributed by atoms with Gasteiger partial charge in [-0.15, -0.1) is 0 Å². The number of nitro benzene ring substituents is 1. The van der Waals surface area contributed by atoms with Gasteiger partial charge in [-0.25, -0.2) is 4.79 Å². The Hall–Kier alpha value is -3.43. The van der Waals surface area contributed by atoms with Crippen LogP contribution in [0.15, 0.2) is 48.2 Å². The first kappa shape index (κ1) is 20.8. The summed E-state index contributed by atoms with van der Waals surface area (Å²) >= 11 is 5.88. The lowest BCUT2D eigenvalue weighted by atomic mass is 10.1. The van der Waals surface area contributed by atoms with Crippen LogP contribution in [0, 0.1) is 10.1 Å². The molecule has 0 aliphatic carbocycles. The van der Waals surface area contributed by atoms with Crippen LogP contribution in [-0.2, 0) is 16.1 Å². The third kappa shape index (κ3) is 4.52. The summed E-state index contributed by atoms with van der Waals surface area (Å²) in [6, 6.07) is 10.8. The molecule has 1 N–H and O–H groups in total. The van der Waals surface area contributed by atoms with Gasteiger partial charge in [0.25, 0.3) is 11.6 Å². The third-order valence-corrected chi connectivity index (χ3v) is 5.34. The Bertz CT molecular complexity index is 1060. The van der Waals surface area contributed by atoms with Gasteiger partial charge in [0.05, 0.1) is 24.7 Å². The molecular formula is C21H19ClN4O5. The molecule has 3 amide bonds. The standard InChI is InChI=1S/C21H19ClN4O5/c22-16-3-1-14(2-4-16)13-25-20(27)18(23-21(25)28)12-15-11-17(26(29)30)5-6-19(15)24-7-9-31-10-8-24/h1-6,11-12H,7-10,13H2,(H,23,28)/b18-12+. The van der Waals surface area contributed by atoms with Crippen molar-refractivity contribution in [3.05, 3.63) is 74.4 Å². The van der Waals surface area contributed by atoms with Crippen molar-refractivity contribution in [3.63, 3.8) is 0 Å². The van der Waals surface area contributed by atoms with Crippen molar-refractivity contribution in [2.24, 2.45) is 0 Å². The van der Waals surface area contributed by atoms with E-state index in [1.54, 1.807) is 30.3 Å². The first-order chi connectivity index (χ1) is 14.9. The minimum absolute atomic E-state index is 0.0639. The minimum Gasteiger partial charge on any atom is -0.378 e. The molecule has 0 unspecified atom stereocenters. The number of hydrogen-bond acceptors (Lipinski definition) is 6. The lowest BCUT2D eigenvalue weighted by molar-refractivity contribution is -0.384. The lowest BCUT2D eigenvalue weighted by Gasteiger charge is -2.30. The second-order valence-corrected chi connectivity index (χ2v) is 7.54. The van der Waals surface area contributed by atoms with Gasteiger partial charge in [-0.05, 0) is 29.8 Å². The molecule has 9 nitrogen and oxygen atoms in total. The fraction of sp³-hybridized carbons (Fsp3) is 0.238. The highest BCUT2D eigenvalue weighted by molar-refractivity contribution is 6.30. The Balaban J connectivity index is 1.64. The van der Waals surface area contributed by atoms with E-state index in [2.05, 4.69) is 5.32 Å². The number of carbonyl (C=O) groups is 2. The van der Waals surface area contributed by atoms with Crippen LogP contribution in [0.5, 0.6) is 0 Å². The summed E-state index contributed by atoms with van der Waals surface area (Å²) in [5, 5.41) is 14.4. The maximum absolute atomic E-state index is 12.9. The van der Waals surface area contributed by atoms with Crippen LogP contribution in [0.3, 0.4) is 0 Å². The number of carbonyl (C=O) groups excluding carboxylic acids is 2. The average Bonchev–Trinajstić information content (AvgIpc) is 3.03. The number of benzene rings is 2. The molecule has 2 aliphatic heterocycles. The summed E-state index contributed by atoms with van der Waals surface area (Å²) < 4.78 is 5.37. The molecule has 0 radical (unpaired) electrons. The number of halogens is 1. The average molecular weight is 443 g/mol. The molecule has 2 aromatic rings. The van der Waals surface area contributed by atoms with E-state index >= 15 is 0 Å². The highest BCUT2D eigenvalue weighted by Gasteiger charge is 2.34. The summed E-state index contributed by atoms with van der Waals surface area (Å²) in [7, 11) is 0. The zero-order valence-corrected chi connectivity index (χ0v) is 17.2. The lowest BCUT2D eigenvalue weighted by Crippen LogP contribution is -2.36. The van der Waals surface area contributed by atoms with Crippen molar-refractivity contribution >= 4 is 41.0 Å². The molecule has 0 aromatic heterocycles. The number of non-ortho nitro benzene ring substituents is 1. The number of anilines is 1. The normalized spacial score (nSPS) is 17.9. The fourth-order valence-electron chi connectivity index (χ4n) is 3.51. The smallest absolute Gasteiger partial charge is 0.329 e. The summed E-state index contributed by atoms with van der Waals surface area (Å²) in [5.74, 6) is -0.501. The molecule has 0 saturated carbocycles. The van der Waals surface area contributed by atoms with Crippen LogP contribution in [0.2, 0.25) is 5.02 Å². The third-order valence-electron chi connectivity index (χ3n) is 5.09. The molecule has 2 heterocycles. The maximum atomic E-state index is 12.9. The van der Waals surface area contributed by atoms with E-state index in [-0.39, 0.29) is 17.9 Å². The molecule has 31 heavy (non-hydrogen) atoms. The van der Waals surface area contributed by atoms with Crippen LogP contribution in [0.4, 0.5) is 16.2 Å². The number of hydrogen-bond donors (Lipinski definition) is 1. The molecule has 0 atom stereocenters. The Morgan fingerprint density at radius 1 is 1.13 bits per heavy atom. The number of morpholine rings is 1. The minimum atomic E-state index is -0.551. The predicted molar refractivity (Wildman–Crippen MR) is 115 cm³/mol. The molecule has 10 heteroatoms. The number of nitrogens with one attached hydrogen (secondary N) is 1. The zero-order chi connectivity index (χ0) is 22.0. The number of nitro groups is 1. The quantitative estimate of drug-likeness (QED) is 0.330. The molecule has 0 bridgehead atoms. The maximum Gasteiger partial charge on any atom is 0.329 e. The van der Waals surface area contributed by atoms with Gasteiger partial charge in [0.2, 0.25) is 0 Å². The molecule has 2 fully saturated rings. The second-order valence-electron chi connectivity index (χ2n) is 7.11. The first-order valence-corrected chi connectivity index (χ1v) is 10.0. The monoisotopic (exact) mass is 442 g/mol. The van der Waals surface area contributed by atoms with Gasteiger partial charge >= 0.3 is 6.03 Å². The second kappa shape index (κ2) is 8.75. The number of nitrogens with zero attached hydrogens (tertiary/aromatic N) is 3. The van der Waals surface area contributed by atoms with Gasteiger partial charge in [0.1, 0.15) is 5.70 Å². The fourth-order valence-corrected chi connectivity index (χ4v) is 3.63. The molecule has 2 saturated heterocycles. The summed E-state index contributed by atoms with van der Waals surface area (Å²) in [5.41, 5.74) is 1.93. The molecule has 160 valence electrons. The summed E-state index contributed by atoms with van der Waals surface area (Å²) in [6.07, 6.45) is 1.49. The van der Waals surface area contributed by atoms with Gasteiger partial charge < -0.3 is 15.0 Å². The van der Waals surface area contributed by atoms with Crippen LogP contribution < -0.4 is 10.2 Å². The van der Waals surface area contributed by atoms with Gasteiger partial charge in [-0.2, -0.15) is 0 Å². The van der Waals surface area contributed by atoms with E-state index in [9.17, 15) is 19.7 Å². The molecular weight excluding hydrogens is 424 g/mol. The van der Waals surface area contributed by atoms with Crippen LogP contribution in [0.25, 0.3) is 6.08 Å². The Labute approximate surface area is 183 Å². The number of amides is 3. The van der Waals surface area contributed by atoms with Gasteiger partial charge in [0.15, 0.2) is 0 Å². The van der Waals surface area contributed by atoms with E-state index in [1.807, 2.05) is 4.90 Å². The zero-order valence-electron chi connectivity index (χ0n) is 16.4. The molecule has 2 aliphatic rings. The van der Waals surface area contributed by atoms with Gasteiger partial charge in [-0.3, -0.25) is 19.8 Å². The summed E-state index contributed by atoms with van der Waals surface area (Å²) in [6.45, 7) is 2.41. The number of imide groups is 1. The van der Waals surface area contributed by atoms with Crippen molar-refractivity contribution in [2.45, 2.75) is 6.54 Å². The topological polar surface area (TPSA) is 105 Å². The summed E-state index contributed by atoms with van der Waals surface area (Å²) in [4.78, 5) is 39.2. The van der Waals surface area contributed by atoms with E-state index < -0.39 is 16.9 Å². The SMILES string of the molecule is O=C1N/C(=C/c2cc([N+](=O)[O-])ccc2N2CCOCC2)C(=O)N1Cc1ccc(Cl)cc1. The first-order valence-electron chi connectivity index (χ1n) is 9.62. The highest BCUT2D eigenvalue weighted by Crippen LogP contribution is 2.29. The van der Waals surface area contributed by atoms with Crippen molar-refractivity contribution in [1.29, 1.82) is 0 Å². The van der Waals surface area contributed by atoms with Gasteiger partial charge in [-0.1, -0.05) is 23.7 Å². The predicted octanol–water partition coefficient (Wildman–Crippen LogP) is 3.18. The van der Waals surface area contributed by atoms with Crippen LogP contribution in [0.1, 0.15) is 11.1 Å². The Morgan fingerprint density at radius 3 is 2.52 bits per heavy atom. The molecule has 2 aromatic carbocycles. The Kier molecular flexibility index (Phi) is 5.88. The van der Waals surface area contributed by atoms with E-state index in [4.69, 9.17) is 16.3 Å². The highest BCUT2D eigenvalue weighted by atomic mass is 35.5. The van der Waals surface area contributed by atoms with Crippen LogP contribution >= 0.6 is 11.6 Å². The van der Waals surface area contributed by atoms with Gasteiger partial charge in [0, 0.05) is 41.5 Å². The Morgan fingerprint density at radius 2 is 1.84 bits per heavy atom. The molecule has 0 spiro atoms. The van der Waals surface area contributed by atoms with E-state index in [1.165, 1.54) is 18.2 Å². The number of urea groups is 1. The van der Waals surface area contributed by atoms with Crippen molar-refractivity contribution in [3.8, 4) is 0 Å².